The van der Waals surface area contributed by atoms with Gasteiger partial charge >= 0.3 is 11.7 Å². The maximum absolute atomic E-state index is 11.3. The van der Waals surface area contributed by atoms with Crippen LogP contribution in [0.25, 0.3) is 5.69 Å². The van der Waals surface area contributed by atoms with Gasteiger partial charge in [0.2, 0.25) is 0 Å². The van der Waals surface area contributed by atoms with E-state index >= 15 is 0 Å². The van der Waals surface area contributed by atoms with E-state index in [2.05, 4.69) is 21.0 Å². The lowest BCUT2D eigenvalue weighted by Gasteiger charge is -2.08. The quantitative estimate of drug-likeness (QED) is 0.684. The van der Waals surface area contributed by atoms with Crippen LogP contribution in [0.5, 0.6) is 0 Å². The molecule has 0 amide bonds. The lowest BCUT2D eigenvalue weighted by molar-refractivity contribution is -0.386. The van der Waals surface area contributed by atoms with Crippen molar-refractivity contribution in [2.75, 3.05) is 0 Å². The Hall–Kier alpha value is -2.22. The second-order valence-corrected chi connectivity index (χ2v) is 5.07. The van der Waals surface area contributed by atoms with Gasteiger partial charge in [-0.05, 0) is 32.0 Å². The fourth-order valence-electron chi connectivity index (χ4n) is 1.99. The molecule has 8 heteroatoms. The summed E-state index contributed by atoms with van der Waals surface area (Å²) < 4.78 is 1.94. The average Bonchev–Trinajstić information content (AvgIpc) is 2.64. The molecule has 2 aromatic rings. The van der Waals surface area contributed by atoms with Crippen molar-refractivity contribution in [1.82, 2.24) is 9.78 Å². The highest BCUT2D eigenvalue weighted by Gasteiger charge is 2.24. The van der Waals surface area contributed by atoms with Crippen LogP contribution in [0.15, 0.2) is 22.7 Å². The van der Waals surface area contributed by atoms with Gasteiger partial charge in [-0.1, -0.05) is 15.9 Å². The Morgan fingerprint density at radius 3 is 2.60 bits per heavy atom. The largest absolute Gasteiger partial charge is 0.478 e. The number of carbonyl (C=O) groups is 1. The molecule has 7 nitrogen and oxygen atoms in total. The molecular weight excluding hydrogens is 330 g/mol. The standard InChI is InChI=1S/C12H10BrN3O4/c1-6-11(16(19)20)7(2)15(14-6)10-5-8(13)3-4-9(10)12(17)18/h3-5H,1-2H3,(H,17,18). The highest BCUT2D eigenvalue weighted by atomic mass is 79.9. The topological polar surface area (TPSA) is 98.3 Å². The van der Waals surface area contributed by atoms with E-state index in [0.717, 1.165) is 0 Å². The molecule has 0 spiro atoms. The number of aromatic carboxylic acids is 1. The van der Waals surface area contributed by atoms with Gasteiger partial charge in [0.15, 0.2) is 0 Å². The molecule has 0 aliphatic heterocycles. The fourth-order valence-corrected chi connectivity index (χ4v) is 2.34. The Morgan fingerprint density at radius 1 is 1.45 bits per heavy atom. The average molecular weight is 340 g/mol. The van der Waals surface area contributed by atoms with Crippen molar-refractivity contribution in [2.24, 2.45) is 0 Å². The van der Waals surface area contributed by atoms with Crippen molar-refractivity contribution in [1.29, 1.82) is 0 Å². The molecule has 0 fully saturated rings. The zero-order valence-electron chi connectivity index (χ0n) is 10.6. The minimum atomic E-state index is -1.12. The molecule has 0 unspecified atom stereocenters. The van der Waals surface area contributed by atoms with E-state index in [1.54, 1.807) is 12.1 Å². The first-order valence-electron chi connectivity index (χ1n) is 5.56. The van der Waals surface area contributed by atoms with Crippen LogP contribution in [0.2, 0.25) is 0 Å². The molecule has 0 bridgehead atoms. The second kappa shape index (κ2) is 5.04. The molecule has 1 aromatic heterocycles. The number of aromatic nitrogens is 2. The lowest BCUT2D eigenvalue weighted by Crippen LogP contribution is -2.08. The van der Waals surface area contributed by atoms with Crippen LogP contribution in [0.1, 0.15) is 21.7 Å². The summed E-state index contributed by atoms with van der Waals surface area (Å²) in [7, 11) is 0. The first kappa shape index (κ1) is 14.2. The predicted molar refractivity (Wildman–Crippen MR) is 74.4 cm³/mol. The van der Waals surface area contributed by atoms with Gasteiger partial charge in [0.25, 0.3) is 0 Å². The molecule has 104 valence electrons. The van der Waals surface area contributed by atoms with E-state index in [1.807, 2.05) is 0 Å². The first-order chi connectivity index (χ1) is 9.32. The van der Waals surface area contributed by atoms with Gasteiger partial charge in [0, 0.05) is 4.47 Å². The van der Waals surface area contributed by atoms with Gasteiger partial charge in [-0.15, -0.1) is 0 Å². The number of aryl methyl sites for hydroxylation is 1. The second-order valence-electron chi connectivity index (χ2n) is 4.15. The number of carboxylic acid groups (broad SMARTS) is 1. The van der Waals surface area contributed by atoms with Gasteiger partial charge in [-0.25, -0.2) is 9.48 Å². The van der Waals surface area contributed by atoms with Crippen LogP contribution in [-0.2, 0) is 0 Å². The predicted octanol–water partition coefficient (Wildman–Crippen LogP) is 2.86. The van der Waals surface area contributed by atoms with Crippen LogP contribution in [-0.4, -0.2) is 25.8 Å². The number of hydrogen-bond acceptors (Lipinski definition) is 4. The van der Waals surface area contributed by atoms with Crippen molar-refractivity contribution in [3.63, 3.8) is 0 Å². The Labute approximate surface area is 122 Å². The molecule has 0 saturated carbocycles. The fraction of sp³-hybridized carbons (Fsp3) is 0.167. The van der Waals surface area contributed by atoms with Crippen molar-refractivity contribution in [3.05, 3.63) is 49.7 Å². The number of nitrogens with zero attached hydrogens (tertiary/aromatic N) is 3. The molecule has 20 heavy (non-hydrogen) atoms. The van der Waals surface area contributed by atoms with Crippen molar-refractivity contribution >= 4 is 27.6 Å². The molecule has 0 radical (unpaired) electrons. The summed E-state index contributed by atoms with van der Waals surface area (Å²) in [5.41, 5.74) is 0.715. The number of nitro groups is 1. The minimum Gasteiger partial charge on any atom is -0.478 e. The van der Waals surface area contributed by atoms with Crippen LogP contribution < -0.4 is 0 Å². The van der Waals surface area contributed by atoms with Gasteiger partial charge in [-0.2, -0.15) is 5.10 Å². The highest BCUT2D eigenvalue weighted by molar-refractivity contribution is 9.10. The Morgan fingerprint density at radius 2 is 2.10 bits per heavy atom. The minimum absolute atomic E-state index is 0.0219. The van der Waals surface area contributed by atoms with Gasteiger partial charge in [0.1, 0.15) is 11.4 Å². The summed E-state index contributed by atoms with van der Waals surface area (Å²) in [5, 5.41) is 24.3. The zero-order chi connectivity index (χ0) is 15.0. The first-order valence-corrected chi connectivity index (χ1v) is 6.36. The summed E-state index contributed by atoms with van der Waals surface area (Å²) in [6.45, 7) is 3.05. The van der Waals surface area contributed by atoms with E-state index in [1.165, 1.54) is 24.6 Å². The molecule has 0 aliphatic rings. The Balaban J connectivity index is 2.75. The summed E-state index contributed by atoms with van der Waals surface area (Å²) >= 11 is 3.25. The van der Waals surface area contributed by atoms with E-state index < -0.39 is 10.9 Å². The smallest absolute Gasteiger partial charge is 0.337 e. The third-order valence-electron chi connectivity index (χ3n) is 2.85. The van der Waals surface area contributed by atoms with E-state index in [-0.39, 0.29) is 28.3 Å². The van der Waals surface area contributed by atoms with E-state index in [0.29, 0.717) is 4.47 Å². The zero-order valence-corrected chi connectivity index (χ0v) is 12.2. The number of rotatable bonds is 3. The van der Waals surface area contributed by atoms with Gasteiger partial charge in [-0.3, -0.25) is 10.1 Å². The number of halogens is 1. The van der Waals surface area contributed by atoms with E-state index in [9.17, 15) is 20.0 Å². The van der Waals surface area contributed by atoms with Crippen LogP contribution in [0.4, 0.5) is 5.69 Å². The number of carboxylic acids is 1. The van der Waals surface area contributed by atoms with Crippen LogP contribution in [0.3, 0.4) is 0 Å². The molecule has 2 rings (SSSR count). The number of hydrogen-bond donors (Lipinski definition) is 1. The van der Waals surface area contributed by atoms with Gasteiger partial charge < -0.3 is 5.11 Å². The molecule has 1 aromatic carbocycles. The normalized spacial score (nSPS) is 10.6. The summed E-state index contributed by atoms with van der Waals surface area (Å²) in [5.74, 6) is -1.12. The van der Waals surface area contributed by atoms with Crippen LogP contribution >= 0.6 is 15.9 Å². The Kier molecular flexibility index (Phi) is 3.58. The molecule has 1 heterocycles. The lowest BCUT2D eigenvalue weighted by atomic mass is 10.2. The maximum atomic E-state index is 11.3. The summed E-state index contributed by atoms with van der Waals surface area (Å²) in [4.78, 5) is 21.7. The Bertz CT molecular complexity index is 724. The van der Waals surface area contributed by atoms with Crippen LogP contribution in [0, 0.1) is 24.0 Å². The SMILES string of the molecule is Cc1nn(-c2cc(Br)ccc2C(=O)O)c(C)c1[N+](=O)[O-]. The molecule has 0 atom stereocenters. The number of benzene rings is 1. The highest BCUT2D eigenvalue weighted by Crippen LogP contribution is 2.28. The van der Waals surface area contributed by atoms with Gasteiger partial charge in [0.05, 0.1) is 16.2 Å². The molecule has 0 aliphatic carbocycles. The van der Waals surface area contributed by atoms with E-state index in [4.69, 9.17) is 0 Å². The molecular formula is C12H10BrN3O4. The van der Waals surface area contributed by atoms with Crippen molar-refractivity contribution in [3.8, 4) is 5.69 Å². The van der Waals surface area contributed by atoms with Crippen molar-refractivity contribution in [2.45, 2.75) is 13.8 Å². The monoisotopic (exact) mass is 339 g/mol. The molecule has 0 saturated heterocycles. The maximum Gasteiger partial charge on any atom is 0.337 e. The third-order valence-corrected chi connectivity index (χ3v) is 3.35. The summed E-state index contributed by atoms with van der Waals surface area (Å²) in [6.07, 6.45) is 0. The molecule has 1 N–H and O–H groups in total. The summed E-state index contributed by atoms with van der Waals surface area (Å²) in [6, 6.07) is 4.57. The van der Waals surface area contributed by atoms with Crippen molar-refractivity contribution < 1.29 is 14.8 Å². The third kappa shape index (κ3) is 2.29.